The van der Waals surface area contributed by atoms with Crippen molar-refractivity contribution in [3.63, 3.8) is 0 Å². The molecule has 13 heavy (non-hydrogen) atoms. The molecule has 0 atom stereocenters. The van der Waals surface area contributed by atoms with Gasteiger partial charge in [0.05, 0.1) is 0 Å². The van der Waals surface area contributed by atoms with Crippen LogP contribution in [-0.4, -0.2) is 33.4 Å². The van der Waals surface area contributed by atoms with E-state index in [1.807, 2.05) is 16.2 Å². The molecule has 68 valence electrons. The fourth-order valence-corrected chi connectivity index (χ4v) is 5.30. The zero-order chi connectivity index (χ0) is 9.47. The average Bonchev–Trinajstić information content (AvgIpc) is 2.48. The summed E-state index contributed by atoms with van der Waals surface area (Å²) in [6, 6.07) is 6.86. The first kappa shape index (κ1) is 9.22. The Kier molecular flexibility index (Phi) is 2.20. The fourth-order valence-electron chi connectivity index (χ4n) is 1.17. The summed E-state index contributed by atoms with van der Waals surface area (Å²) in [6.07, 6.45) is 0. The van der Waals surface area contributed by atoms with Gasteiger partial charge in [-0.05, 0) is 0 Å². The van der Waals surface area contributed by atoms with Crippen LogP contribution in [0, 0.1) is 0 Å². The van der Waals surface area contributed by atoms with Crippen molar-refractivity contribution in [3.05, 3.63) is 28.3 Å². The molecule has 1 aromatic heterocycles. The number of hydrogen-bond acceptors (Lipinski definition) is 2. The minimum atomic E-state index is -4.04. The van der Waals surface area contributed by atoms with Crippen LogP contribution in [-0.2, 0) is 10.1 Å². The summed E-state index contributed by atoms with van der Waals surface area (Å²) in [5, 5.41) is 0.928. The van der Waals surface area contributed by atoms with Crippen molar-refractivity contribution >= 4 is 39.3 Å². The second-order valence-corrected chi connectivity index (χ2v) is 6.57. The van der Waals surface area contributed by atoms with Crippen LogP contribution in [0.3, 0.4) is 0 Å². The van der Waals surface area contributed by atoms with Crippen molar-refractivity contribution in [2.24, 2.45) is 0 Å². The summed E-state index contributed by atoms with van der Waals surface area (Å²) < 4.78 is 33.6. The van der Waals surface area contributed by atoms with E-state index in [0.717, 1.165) is 8.79 Å². The molecule has 0 unspecified atom stereocenters. The van der Waals surface area contributed by atoms with Gasteiger partial charge in [0.1, 0.15) is 0 Å². The maximum absolute atomic E-state index is 10.9. The van der Waals surface area contributed by atoms with Gasteiger partial charge in [0.2, 0.25) is 0 Å². The molecular weight excluding hydrogens is 304 g/mol. The second-order valence-electron chi connectivity index (χ2n) is 2.57. The molecule has 0 bridgehead atoms. The first-order valence-corrected chi connectivity index (χ1v) is 7.48. The van der Waals surface area contributed by atoms with Crippen molar-refractivity contribution in [3.8, 4) is 0 Å². The van der Waals surface area contributed by atoms with Crippen LogP contribution in [0.1, 0.15) is 0 Å². The Morgan fingerprint density at radius 2 is 2.00 bits per heavy atom. The molecule has 0 fully saturated rings. The Bertz CT molecular complexity index is 541. The molecular formula is C8H6O3STe. The zero-order valence-corrected chi connectivity index (χ0v) is 9.61. The molecule has 2 aromatic rings. The topological polar surface area (TPSA) is 54.4 Å². The van der Waals surface area contributed by atoms with E-state index in [9.17, 15) is 8.42 Å². The Hall–Kier alpha value is -0.340. The summed E-state index contributed by atoms with van der Waals surface area (Å²) >= 11 is -0.559. The van der Waals surface area contributed by atoms with Crippen LogP contribution >= 0.6 is 0 Å². The van der Waals surface area contributed by atoms with Crippen molar-refractivity contribution in [1.82, 2.24) is 0 Å². The van der Waals surface area contributed by atoms with E-state index in [4.69, 9.17) is 4.55 Å². The molecule has 5 heteroatoms. The Morgan fingerprint density at radius 1 is 1.23 bits per heavy atom. The van der Waals surface area contributed by atoms with Crippen molar-refractivity contribution in [1.29, 1.82) is 0 Å². The molecule has 0 aliphatic carbocycles. The quantitative estimate of drug-likeness (QED) is 0.635. The molecule has 1 aromatic carbocycles. The predicted octanol–water partition coefficient (Wildman–Crippen LogP) is 1.14. The van der Waals surface area contributed by atoms with Gasteiger partial charge in [0.15, 0.2) is 0 Å². The summed E-state index contributed by atoms with van der Waals surface area (Å²) in [7, 11) is -4.04. The summed E-state index contributed by atoms with van der Waals surface area (Å²) in [6.45, 7) is 0. The van der Waals surface area contributed by atoms with Crippen LogP contribution in [0.25, 0.3) is 8.79 Å². The van der Waals surface area contributed by atoms with Gasteiger partial charge in [-0.15, -0.1) is 0 Å². The standard InChI is InChI=1S/C8H6O3STe/c9-12(10,11)7-3-1-2-6-4-5-13-8(6)7/h1-5H,(H,9,10,11). The number of hydrogen-bond donors (Lipinski definition) is 1. The number of rotatable bonds is 1. The Morgan fingerprint density at radius 3 is 2.69 bits per heavy atom. The van der Waals surface area contributed by atoms with Crippen molar-refractivity contribution in [2.75, 3.05) is 0 Å². The molecule has 0 saturated heterocycles. The third kappa shape index (κ3) is 1.65. The Labute approximate surface area is 85.4 Å². The minimum absolute atomic E-state index is 0.0809. The summed E-state index contributed by atoms with van der Waals surface area (Å²) in [4.78, 5) is 0.0809. The molecule has 0 spiro atoms. The maximum atomic E-state index is 10.9. The van der Waals surface area contributed by atoms with Gasteiger partial charge in [0.25, 0.3) is 0 Å². The molecule has 3 nitrogen and oxygen atoms in total. The predicted molar refractivity (Wildman–Crippen MR) is 50.7 cm³/mol. The van der Waals surface area contributed by atoms with Gasteiger partial charge in [-0.25, -0.2) is 0 Å². The van der Waals surface area contributed by atoms with Crippen molar-refractivity contribution < 1.29 is 13.0 Å². The SMILES string of the molecule is O=S(=O)(O)c1cccc2cc[te]c12. The van der Waals surface area contributed by atoms with Crippen LogP contribution in [0.5, 0.6) is 0 Å². The normalized spacial score (nSPS) is 12.1. The third-order valence-electron chi connectivity index (χ3n) is 1.72. The van der Waals surface area contributed by atoms with Gasteiger partial charge < -0.3 is 0 Å². The summed E-state index contributed by atoms with van der Waals surface area (Å²) in [5.41, 5.74) is 0. The van der Waals surface area contributed by atoms with E-state index in [0.29, 0.717) is 0 Å². The summed E-state index contributed by atoms with van der Waals surface area (Å²) in [5.74, 6) is 0. The van der Waals surface area contributed by atoms with Crippen LogP contribution in [0.15, 0.2) is 33.2 Å². The molecule has 0 amide bonds. The van der Waals surface area contributed by atoms with E-state index in [1.54, 1.807) is 6.07 Å². The Balaban J connectivity index is 2.91. The molecule has 0 saturated carbocycles. The molecule has 0 radical (unpaired) electrons. The van der Waals surface area contributed by atoms with Gasteiger partial charge in [0, 0.05) is 0 Å². The van der Waals surface area contributed by atoms with Crippen LogP contribution in [0.2, 0.25) is 0 Å². The molecule has 0 aliphatic rings. The second kappa shape index (κ2) is 3.10. The zero-order valence-electron chi connectivity index (χ0n) is 6.47. The van der Waals surface area contributed by atoms with Crippen LogP contribution < -0.4 is 0 Å². The number of benzene rings is 1. The van der Waals surface area contributed by atoms with E-state index >= 15 is 0 Å². The molecule has 2 rings (SSSR count). The van der Waals surface area contributed by atoms with E-state index in [2.05, 4.69) is 0 Å². The van der Waals surface area contributed by atoms with Gasteiger partial charge >= 0.3 is 85.6 Å². The van der Waals surface area contributed by atoms with E-state index in [-0.39, 0.29) is 4.90 Å². The fraction of sp³-hybridized carbons (Fsp3) is 0. The first-order valence-electron chi connectivity index (χ1n) is 3.53. The third-order valence-corrected chi connectivity index (χ3v) is 5.77. The molecule has 1 heterocycles. The van der Waals surface area contributed by atoms with Crippen molar-refractivity contribution in [2.45, 2.75) is 4.90 Å². The van der Waals surface area contributed by atoms with Gasteiger partial charge in [-0.2, -0.15) is 0 Å². The monoisotopic (exact) mass is 312 g/mol. The molecule has 0 aliphatic heterocycles. The number of fused-ring (bicyclic) bond motifs is 1. The molecule has 1 N–H and O–H groups in total. The van der Waals surface area contributed by atoms with Crippen LogP contribution in [0.4, 0.5) is 0 Å². The first-order chi connectivity index (χ1) is 6.09. The van der Waals surface area contributed by atoms with E-state index < -0.39 is 30.5 Å². The average molecular weight is 310 g/mol. The van der Waals surface area contributed by atoms with E-state index in [1.165, 1.54) is 6.07 Å². The van der Waals surface area contributed by atoms with Gasteiger partial charge in [-0.1, -0.05) is 0 Å². The van der Waals surface area contributed by atoms with Gasteiger partial charge in [-0.3, -0.25) is 0 Å².